The number of carbonyl (C=O) groups is 1. The van der Waals surface area contributed by atoms with Crippen molar-refractivity contribution < 1.29 is 13.6 Å². The van der Waals surface area contributed by atoms with Crippen LogP contribution in [0.1, 0.15) is 24.8 Å². The minimum atomic E-state index is -0.630. The fourth-order valence-electron chi connectivity index (χ4n) is 3.94. The lowest BCUT2D eigenvalue weighted by molar-refractivity contribution is -0.124. The molecule has 1 saturated carbocycles. The topological polar surface area (TPSA) is 70.7 Å². The summed E-state index contributed by atoms with van der Waals surface area (Å²) in [5.74, 6) is -0.0425. The van der Waals surface area contributed by atoms with E-state index in [0.717, 1.165) is 36.6 Å². The van der Waals surface area contributed by atoms with Crippen LogP contribution in [0, 0.1) is 11.6 Å². The van der Waals surface area contributed by atoms with Gasteiger partial charge in [-0.2, -0.15) is 0 Å². The van der Waals surface area contributed by atoms with Crippen LogP contribution in [-0.4, -0.2) is 20.9 Å². The summed E-state index contributed by atoms with van der Waals surface area (Å²) >= 11 is 0. The van der Waals surface area contributed by atoms with Crippen molar-refractivity contribution in [1.82, 2.24) is 15.0 Å². The Morgan fingerprint density at radius 3 is 2.47 bits per heavy atom. The molecule has 1 amide bonds. The predicted octanol–water partition coefficient (Wildman–Crippen LogP) is 4.96. The number of fused-ring (bicyclic) bond motifs is 1. The fraction of sp³-hybridized carbons (Fsp3) is 0.174. The van der Waals surface area contributed by atoms with Crippen LogP contribution < -0.4 is 5.32 Å². The third-order valence-corrected chi connectivity index (χ3v) is 5.79. The average molecular weight is 404 g/mol. The first-order valence-corrected chi connectivity index (χ1v) is 9.73. The molecule has 5 nitrogen and oxygen atoms in total. The Balaban J connectivity index is 1.42. The van der Waals surface area contributed by atoms with Crippen molar-refractivity contribution >= 4 is 22.8 Å². The van der Waals surface area contributed by atoms with Crippen molar-refractivity contribution in [2.45, 2.75) is 24.7 Å². The number of carbonyl (C=O) groups excluding carboxylic acids is 1. The quantitative estimate of drug-likeness (QED) is 0.505. The molecular weight excluding hydrogens is 386 g/mol. The molecule has 2 aromatic heterocycles. The summed E-state index contributed by atoms with van der Waals surface area (Å²) < 4.78 is 27.0. The van der Waals surface area contributed by atoms with Crippen molar-refractivity contribution in [3.63, 3.8) is 0 Å². The minimum Gasteiger partial charge on any atom is -0.336 e. The van der Waals surface area contributed by atoms with E-state index in [2.05, 4.69) is 20.3 Å². The molecule has 0 aliphatic heterocycles. The van der Waals surface area contributed by atoms with Crippen LogP contribution in [0.2, 0.25) is 0 Å². The highest BCUT2D eigenvalue weighted by molar-refractivity contribution is 5.99. The second-order valence-electron chi connectivity index (χ2n) is 7.55. The monoisotopic (exact) mass is 404 g/mol. The molecule has 0 saturated heterocycles. The molecular formula is C23H18F2N4O. The summed E-state index contributed by atoms with van der Waals surface area (Å²) in [6.45, 7) is 0. The van der Waals surface area contributed by atoms with Gasteiger partial charge in [-0.15, -0.1) is 0 Å². The molecule has 0 spiro atoms. The molecule has 2 heterocycles. The van der Waals surface area contributed by atoms with E-state index in [-0.39, 0.29) is 11.7 Å². The molecule has 0 bridgehead atoms. The Bertz CT molecular complexity index is 1230. The number of para-hydroxylation sites is 1. The van der Waals surface area contributed by atoms with E-state index in [1.165, 1.54) is 18.2 Å². The van der Waals surface area contributed by atoms with Gasteiger partial charge >= 0.3 is 0 Å². The summed E-state index contributed by atoms with van der Waals surface area (Å²) in [4.78, 5) is 24.4. The zero-order chi connectivity index (χ0) is 20.7. The minimum absolute atomic E-state index is 0.147. The van der Waals surface area contributed by atoms with Crippen LogP contribution >= 0.6 is 0 Å². The lowest BCUT2D eigenvalue weighted by atomic mass is 9.63. The number of rotatable bonds is 4. The number of halogens is 2. The first-order chi connectivity index (χ1) is 14.5. The van der Waals surface area contributed by atoms with E-state index in [4.69, 9.17) is 0 Å². The molecule has 0 unspecified atom stereocenters. The van der Waals surface area contributed by atoms with Crippen molar-refractivity contribution in [2.75, 3.05) is 5.32 Å². The van der Waals surface area contributed by atoms with Gasteiger partial charge in [0.25, 0.3) is 0 Å². The molecule has 0 atom stereocenters. The third kappa shape index (κ3) is 3.03. The first-order valence-electron chi connectivity index (χ1n) is 9.73. The standard InChI is InChI=1S/C23H18F2N4O/c24-16-9-10-19(26-13-16)28-22(30)23(11-2-12-23)15-7-5-14(6-8-15)21-27-18-4-1-3-17(25)20(18)29-21/h1,3-10,13H,2,11-12H2,(H,27,29)(H,26,28,30). The zero-order valence-electron chi connectivity index (χ0n) is 16.0. The van der Waals surface area contributed by atoms with Gasteiger partial charge in [0.15, 0.2) is 0 Å². The number of anilines is 1. The number of aromatic amines is 1. The zero-order valence-corrected chi connectivity index (χ0v) is 16.0. The largest absolute Gasteiger partial charge is 0.336 e. The lowest BCUT2D eigenvalue weighted by Crippen LogP contribution is -2.46. The summed E-state index contributed by atoms with van der Waals surface area (Å²) in [5.41, 5.74) is 2.02. The Morgan fingerprint density at radius 1 is 1.03 bits per heavy atom. The Kier molecular flexibility index (Phi) is 4.31. The van der Waals surface area contributed by atoms with E-state index in [1.54, 1.807) is 12.1 Å². The summed E-state index contributed by atoms with van der Waals surface area (Å²) in [6.07, 6.45) is 3.49. The highest BCUT2D eigenvalue weighted by atomic mass is 19.1. The SMILES string of the molecule is O=C(Nc1ccc(F)cn1)C1(c2ccc(-c3nc4cccc(F)c4[nH]3)cc2)CCC1. The molecule has 7 heteroatoms. The fourth-order valence-corrected chi connectivity index (χ4v) is 3.94. The number of hydrogen-bond acceptors (Lipinski definition) is 3. The number of aromatic nitrogens is 3. The van der Waals surface area contributed by atoms with Gasteiger partial charge in [0.2, 0.25) is 5.91 Å². The first kappa shape index (κ1) is 18.4. The van der Waals surface area contributed by atoms with Crippen LogP contribution in [0.15, 0.2) is 60.8 Å². The highest BCUT2D eigenvalue weighted by Gasteiger charge is 2.45. The van der Waals surface area contributed by atoms with Gasteiger partial charge in [-0.25, -0.2) is 18.7 Å². The molecule has 2 aromatic carbocycles. The molecule has 1 fully saturated rings. The number of hydrogen-bond donors (Lipinski definition) is 2. The number of nitrogens with zero attached hydrogens (tertiary/aromatic N) is 2. The van der Waals surface area contributed by atoms with Crippen LogP contribution in [0.4, 0.5) is 14.6 Å². The molecule has 150 valence electrons. The number of H-pyrrole nitrogens is 1. The van der Waals surface area contributed by atoms with E-state index in [0.29, 0.717) is 22.7 Å². The van der Waals surface area contributed by atoms with Gasteiger partial charge in [0.1, 0.15) is 28.8 Å². The van der Waals surface area contributed by atoms with Crippen molar-refractivity contribution in [1.29, 1.82) is 0 Å². The van der Waals surface area contributed by atoms with Gasteiger partial charge in [-0.1, -0.05) is 36.8 Å². The van der Waals surface area contributed by atoms with Crippen molar-refractivity contribution in [3.8, 4) is 11.4 Å². The second-order valence-corrected chi connectivity index (χ2v) is 7.55. The van der Waals surface area contributed by atoms with Gasteiger partial charge < -0.3 is 10.3 Å². The van der Waals surface area contributed by atoms with Gasteiger partial charge in [0.05, 0.1) is 17.1 Å². The summed E-state index contributed by atoms with van der Waals surface area (Å²) in [6, 6.07) is 15.1. The Morgan fingerprint density at radius 2 is 1.83 bits per heavy atom. The normalized spacial score (nSPS) is 15.0. The third-order valence-electron chi connectivity index (χ3n) is 5.79. The highest BCUT2D eigenvalue weighted by Crippen LogP contribution is 2.45. The lowest BCUT2D eigenvalue weighted by Gasteiger charge is -2.40. The number of imidazole rings is 1. The maximum absolute atomic E-state index is 13.9. The number of pyridine rings is 1. The molecule has 4 aromatic rings. The maximum Gasteiger partial charge on any atom is 0.236 e. The molecule has 5 rings (SSSR count). The maximum atomic E-state index is 13.9. The Hall–Kier alpha value is -3.61. The van der Waals surface area contributed by atoms with Crippen LogP contribution in [-0.2, 0) is 10.2 Å². The van der Waals surface area contributed by atoms with Crippen LogP contribution in [0.25, 0.3) is 22.4 Å². The number of nitrogens with one attached hydrogen (secondary N) is 2. The van der Waals surface area contributed by atoms with Crippen LogP contribution in [0.3, 0.4) is 0 Å². The number of amides is 1. The van der Waals surface area contributed by atoms with Crippen LogP contribution in [0.5, 0.6) is 0 Å². The average Bonchev–Trinajstić information content (AvgIpc) is 3.15. The summed E-state index contributed by atoms with van der Waals surface area (Å²) in [5, 5.41) is 2.80. The van der Waals surface area contributed by atoms with Gasteiger partial charge in [-0.3, -0.25) is 4.79 Å². The smallest absolute Gasteiger partial charge is 0.236 e. The van der Waals surface area contributed by atoms with Gasteiger partial charge in [0, 0.05) is 5.56 Å². The molecule has 1 aliphatic rings. The molecule has 2 N–H and O–H groups in total. The second kappa shape index (κ2) is 7.02. The van der Waals surface area contributed by atoms with E-state index in [1.807, 2.05) is 24.3 Å². The summed E-state index contributed by atoms with van der Waals surface area (Å²) in [7, 11) is 0. The van der Waals surface area contributed by atoms with Gasteiger partial charge in [-0.05, 0) is 42.7 Å². The van der Waals surface area contributed by atoms with E-state index < -0.39 is 11.2 Å². The van der Waals surface area contributed by atoms with Crippen molar-refractivity contribution in [2.24, 2.45) is 0 Å². The molecule has 1 aliphatic carbocycles. The molecule has 0 radical (unpaired) electrons. The Labute approximate surface area is 171 Å². The van der Waals surface area contributed by atoms with E-state index in [9.17, 15) is 13.6 Å². The van der Waals surface area contributed by atoms with E-state index >= 15 is 0 Å². The molecule has 30 heavy (non-hydrogen) atoms. The number of benzene rings is 2. The van der Waals surface area contributed by atoms with Crippen molar-refractivity contribution in [3.05, 3.63) is 78.0 Å². The predicted molar refractivity (Wildman–Crippen MR) is 110 cm³/mol.